The lowest BCUT2D eigenvalue weighted by Crippen LogP contribution is -2.35. The highest BCUT2D eigenvalue weighted by molar-refractivity contribution is 7.18. The van der Waals surface area contributed by atoms with Crippen LogP contribution in [-0.4, -0.2) is 32.3 Å². The molecule has 0 fully saturated rings. The maximum atomic E-state index is 12.8. The zero-order chi connectivity index (χ0) is 14.4. The van der Waals surface area contributed by atoms with Gasteiger partial charge in [-0.3, -0.25) is 4.79 Å². The molecule has 7 heteroatoms. The van der Waals surface area contributed by atoms with Gasteiger partial charge in [-0.2, -0.15) is 4.52 Å². The first-order chi connectivity index (χ1) is 10.2. The summed E-state index contributed by atoms with van der Waals surface area (Å²) < 4.78 is 1.62. The van der Waals surface area contributed by atoms with Crippen LogP contribution in [0, 0.1) is 6.92 Å². The Morgan fingerprint density at radius 1 is 1.29 bits per heavy atom. The van der Waals surface area contributed by atoms with Crippen molar-refractivity contribution < 1.29 is 4.79 Å². The molecule has 0 unspecified atom stereocenters. The van der Waals surface area contributed by atoms with Crippen LogP contribution in [0.2, 0.25) is 0 Å². The summed E-state index contributed by atoms with van der Waals surface area (Å²) in [5.41, 5.74) is 2.22. The molecule has 0 radical (unpaired) electrons. The van der Waals surface area contributed by atoms with Crippen molar-refractivity contribution >= 4 is 27.9 Å². The van der Waals surface area contributed by atoms with Crippen molar-refractivity contribution in [1.29, 1.82) is 0 Å². The molecule has 4 rings (SSSR count). The van der Waals surface area contributed by atoms with Gasteiger partial charge in [0.25, 0.3) is 5.91 Å². The van der Waals surface area contributed by atoms with Crippen molar-refractivity contribution in [2.45, 2.75) is 19.8 Å². The molecule has 3 aromatic rings. The monoisotopic (exact) mass is 299 g/mol. The van der Waals surface area contributed by atoms with Crippen LogP contribution in [0.3, 0.4) is 0 Å². The summed E-state index contributed by atoms with van der Waals surface area (Å²) in [6.07, 6.45) is 2.00. The van der Waals surface area contributed by atoms with E-state index in [4.69, 9.17) is 0 Å². The van der Waals surface area contributed by atoms with Crippen LogP contribution in [0.15, 0.2) is 24.3 Å². The number of nitrogens with zero attached hydrogens (tertiary/aromatic N) is 5. The number of anilines is 1. The number of hydrogen-bond donors (Lipinski definition) is 0. The first-order valence-electron chi connectivity index (χ1n) is 6.82. The Kier molecular flexibility index (Phi) is 2.75. The third-order valence-corrected chi connectivity index (χ3v) is 4.57. The summed E-state index contributed by atoms with van der Waals surface area (Å²) in [6.45, 7) is 2.55. The normalized spacial score (nSPS) is 14.4. The molecule has 0 saturated carbocycles. The zero-order valence-electron chi connectivity index (χ0n) is 11.5. The van der Waals surface area contributed by atoms with E-state index in [0.717, 1.165) is 25.1 Å². The summed E-state index contributed by atoms with van der Waals surface area (Å²) >= 11 is 1.28. The zero-order valence-corrected chi connectivity index (χ0v) is 12.3. The fourth-order valence-corrected chi connectivity index (χ4v) is 3.50. The predicted octanol–water partition coefficient (Wildman–Crippen LogP) is 2.09. The third-order valence-electron chi connectivity index (χ3n) is 3.69. The molecule has 21 heavy (non-hydrogen) atoms. The van der Waals surface area contributed by atoms with Gasteiger partial charge in [0.05, 0.1) is 0 Å². The van der Waals surface area contributed by atoms with Crippen LogP contribution < -0.4 is 4.90 Å². The fraction of sp³-hybridized carbons (Fsp3) is 0.286. The van der Waals surface area contributed by atoms with E-state index in [1.807, 2.05) is 30.0 Å². The van der Waals surface area contributed by atoms with Gasteiger partial charge in [-0.15, -0.1) is 15.3 Å². The smallest absolute Gasteiger partial charge is 0.289 e. The van der Waals surface area contributed by atoms with E-state index < -0.39 is 0 Å². The summed E-state index contributed by atoms with van der Waals surface area (Å²) in [7, 11) is 0. The van der Waals surface area contributed by atoms with Crippen molar-refractivity contribution in [2.75, 3.05) is 11.4 Å². The highest BCUT2D eigenvalue weighted by Crippen LogP contribution is 2.28. The van der Waals surface area contributed by atoms with Crippen LogP contribution >= 0.6 is 11.3 Å². The number of aromatic nitrogens is 4. The Morgan fingerprint density at radius 3 is 3.00 bits per heavy atom. The fourth-order valence-electron chi connectivity index (χ4n) is 2.66. The highest BCUT2D eigenvalue weighted by atomic mass is 32.1. The Bertz CT molecular complexity index is 837. The number of amides is 1. The lowest BCUT2D eigenvalue weighted by molar-refractivity contribution is 0.0983. The summed E-state index contributed by atoms with van der Waals surface area (Å²) in [6, 6.07) is 8.06. The van der Waals surface area contributed by atoms with Crippen molar-refractivity contribution in [3.63, 3.8) is 0 Å². The minimum atomic E-state index is -0.0583. The van der Waals surface area contributed by atoms with Gasteiger partial charge in [-0.25, -0.2) is 0 Å². The standard InChI is InChI=1S/C14H13N5OS/c1-9-15-16-14-19(9)17-12(21-14)13(20)18-8-4-6-10-5-2-3-7-11(10)18/h2-3,5,7H,4,6,8H2,1H3. The Balaban J connectivity index is 1.75. The average Bonchev–Trinajstić information content (AvgIpc) is 3.08. The molecular formula is C14H13N5OS. The third kappa shape index (κ3) is 1.92. The van der Waals surface area contributed by atoms with Gasteiger partial charge in [0.1, 0.15) is 0 Å². The van der Waals surface area contributed by atoms with Crippen LogP contribution in [0.4, 0.5) is 5.69 Å². The minimum Gasteiger partial charge on any atom is -0.306 e. The van der Waals surface area contributed by atoms with Gasteiger partial charge in [0, 0.05) is 12.2 Å². The molecular weight excluding hydrogens is 286 g/mol. The Labute approximate surface area is 125 Å². The first kappa shape index (κ1) is 12.5. The van der Waals surface area contributed by atoms with E-state index in [1.54, 1.807) is 4.52 Å². The molecule has 0 spiro atoms. The average molecular weight is 299 g/mol. The first-order valence-corrected chi connectivity index (χ1v) is 7.64. The minimum absolute atomic E-state index is 0.0583. The molecule has 3 heterocycles. The molecule has 0 N–H and O–H groups in total. The van der Waals surface area contributed by atoms with Gasteiger partial charge >= 0.3 is 0 Å². The lowest BCUT2D eigenvalue weighted by Gasteiger charge is -2.28. The van der Waals surface area contributed by atoms with E-state index in [9.17, 15) is 4.79 Å². The van der Waals surface area contributed by atoms with Gasteiger partial charge in [-0.1, -0.05) is 29.5 Å². The molecule has 6 nitrogen and oxygen atoms in total. The molecule has 0 saturated heterocycles. The number of aryl methyl sites for hydroxylation is 2. The van der Waals surface area contributed by atoms with E-state index in [2.05, 4.69) is 21.4 Å². The van der Waals surface area contributed by atoms with E-state index >= 15 is 0 Å². The van der Waals surface area contributed by atoms with Gasteiger partial charge in [0.2, 0.25) is 9.97 Å². The quantitative estimate of drug-likeness (QED) is 0.690. The molecule has 1 aliphatic rings. The molecule has 2 aromatic heterocycles. The molecule has 1 aromatic carbocycles. The molecule has 106 valence electrons. The number of fused-ring (bicyclic) bond motifs is 2. The van der Waals surface area contributed by atoms with E-state index in [0.29, 0.717) is 15.8 Å². The number of carbonyl (C=O) groups excluding carboxylic acids is 1. The Morgan fingerprint density at radius 2 is 2.14 bits per heavy atom. The molecule has 0 aliphatic carbocycles. The van der Waals surface area contributed by atoms with Crippen LogP contribution in [0.5, 0.6) is 0 Å². The van der Waals surface area contributed by atoms with E-state index in [1.165, 1.54) is 16.9 Å². The number of para-hydroxylation sites is 1. The van der Waals surface area contributed by atoms with Crippen molar-refractivity contribution in [2.24, 2.45) is 0 Å². The van der Waals surface area contributed by atoms with E-state index in [-0.39, 0.29) is 5.91 Å². The molecule has 1 aliphatic heterocycles. The van der Waals surface area contributed by atoms with Crippen LogP contribution in [0.1, 0.15) is 27.6 Å². The highest BCUT2D eigenvalue weighted by Gasteiger charge is 2.26. The van der Waals surface area contributed by atoms with Crippen molar-refractivity contribution in [1.82, 2.24) is 19.8 Å². The number of carbonyl (C=O) groups is 1. The second kappa shape index (κ2) is 4.63. The second-order valence-electron chi connectivity index (χ2n) is 5.04. The summed E-state index contributed by atoms with van der Waals surface area (Å²) in [5, 5.41) is 12.7. The maximum Gasteiger partial charge on any atom is 0.289 e. The predicted molar refractivity (Wildman–Crippen MR) is 79.8 cm³/mol. The van der Waals surface area contributed by atoms with Gasteiger partial charge in [-0.05, 0) is 31.4 Å². The maximum absolute atomic E-state index is 12.8. The summed E-state index contributed by atoms with van der Waals surface area (Å²) in [4.78, 5) is 15.2. The van der Waals surface area contributed by atoms with Gasteiger partial charge < -0.3 is 4.90 Å². The topological polar surface area (TPSA) is 63.4 Å². The van der Waals surface area contributed by atoms with Crippen LogP contribution in [0.25, 0.3) is 4.96 Å². The molecule has 0 bridgehead atoms. The second-order valence-corrected chi connectivity index (χ2v) is 5.99. The lowest BCUT2D eigenvalue weighted by atomic mass is 10.0. The number of hydrogen-bond acceptors (Lipinski definition) is 5. The van der Waals surface area contributed by atoms with Crippen molar-refractivity contribution in [3.8, 4) is 0 Å². The molecule has 1 amide bonds. The van der Waals surface area contributed by atoms with Crippen molar-refractivity contribution in [3.05, 3.63) is 40.7 Å². The number of benzene rings is 1. The van der Waals surface area contributed by atoms with Gasteiger partial charge in [0.15, 0.2) is 5.82 Å². The number of rotatable bonds is 1. The largest absolute Gasteiger partial charge is 0.306 e. The molecule has 0 atom stereocenters. The SMILES string of the molecule is Cc1nnc2sc(C(=O)N3CCCc4ccccc43)nn12. The summed E-state index contributed by atoms with van der Waals surface area (Å²) in [5.74, 6) is 0.636. The van der Waals surface area contributed by atoms with Crippen LogP contribution in [-0.2, 0) is 6.42 Å². The Hall–Kier alpha value is -2.28.